The maximum Gasteiger partial charge on any atom is 0.295 e. The van der Waals surface area contributed by atoms with Crippen LogP contribution in [0.4, 0.5) is 0 Å². The van der Waals surface area contributed by atoms with Crippen molar-refractivity contribution < 1.29 is 24.3 Å². The number of hydrogen-bond donors (Lipinski definition) is 1. The summed E-state index contributed by atoms with van der Waals surface area (Å²) in [5.41, 5.74) is 2.18. The molecular formula is C26H32N2O4. The van der Waals surface area contributed by atoms with Crippen molar-refractivity contribution in [3.05, 3.63) is 70.8 Å². The van der Waals surface area contributed by atoms with Crippen LogP contribution in [0.25, 0.3) is 5.76 Å². The first-order chi connectivity index (χ1) is 15.2. The Bertz CT molecular complexity index is 991. The molecule has 6 nitrogen and oxygen atoms in total. The van der Waals surface area contributed by atoms with Crippen molar-refractivity contribution in [3.63, 3.8) is 0 Å². The monoisotopic (exact) mass is 436 g/mol. The maximum absolute atomic E-state index is 13.4. The van der Waals surface area contributed by atoms with E-state index in [1.807, 2.05) is 71.3 Å². The fraction of sp³-hybridized carbons (Fsp3) is 0.385. The average molecular weight is 437 g/mol. The number of benzene rings is 2. The molecule has 1 saturated heterocycles. The molecule has 1 N–H and O–H groups in total. The summed E-state index contributed by atoms with van der Waals surface area (Å²) in [6.07, 6.45) is 0.768. The number of hydrogen-bond acceptors (Lipinski definition) is 4. The van der Waals surface area contributed by atoms with Crippen LogP contribution in [-0.4, -0.2) is 49.9 Å². The highest BCUT2D eigenvalue weighted by molar-refractivity contribution is 6.46. The van der Waals surface area contributed by atoms with Gasteiger partial charge in [0.2, 0.25) is 5.78 Å². The van der Waals surface area contributed by atoms with E-state index in [1.54, 1.807) is 17.0 Å². The molecule has 2 aromatic rings. The molecule has 1 aliphatic rings. The highest BCUT2D eigenvalue weighted by atomic mass is 16.5. The van der Waals surface area contributed by atoms with Crippen LogP contribution >= 0.6 is 0 Å². The minimum absolute atomic E-state index is 0.0218. The van der Waals surface area contributed by atoms with Gasteiger partial charge in [-0.3, -0.25) is 9.59 Å². The van der Waals surface area contributed by atoms with Crippen LogP contribution in [0.2, 0.25) is 0 Å². The van der Waals surface area contributed by atoms with E-state index in [9.17, 15) is 14.7 Å². The lowest BCUT2D eigenvalue weighted by Gasteiger charge is -2.28. The van der Waals surface area contributed by atoms with Gasteiger partial charge in [-0.05, 0) is 44.0 Å². The van der Waals surface area contributed by atoms with Crippen LogP contribution in [-0.2, 0) is 9.59 Å². The Kier molecular flexibility index (Phi) is 7.36. The molecule has 0 bridgehead atoms. The lowest BCUT2D eigenvalue weighted by Crippen LogP contribution is -3.05. The number of ether oxygens (including phenoxy) is 1. The highest BCUT2D eigenvalue weighted by Gasteiger charge is 2.43. The summed E-state index contributed by atoms with van der Waals surface area (Å²) in [6, 6.07) is 13.7. The Morgan fingerprint density at radius 1 is 1.06 bits per heavy atom. The molecule has 0 aliphatic carbocycles. The van der Waals surface area contributed by atoms with Crippen molar-refractivity contribution in [2.45, 2.75) is 39.3 Å². The fourth-order valence-corrected chi connectivity index (χ4v) is 3.91. The van der Waals surface area contributed by atoms with E-state index in [4.69, 9.17) is 4.74 Å². The molecule has 1 heterocycles. The third-order valence-corrected chi connectivity index (χ3v) is 5.49. The Morgan fingerprint density at radius 3 is 2.25 bits per heavy atom. The summed E-state index contributed by atoms with van der Waals surface area (Å²) < 4.78 is 5.72. The molecule has 0 spiro atoms. The summed E-state index contributed by atoms with van der Waals surface area (Å²) in [6.45, 7) is 7.10. The predicted molar refractivity (Wildman–Crippen MR) is 122 cm³/mol. The molecule has 1 atom stereocenters. The predicted octanol–water partition coefficient (Wildman–Crippen LogP) is 1.54. The fourth-order valence-electron chi connectivity index (χ4n) is 3.91. The molecule has 0 radical (unpaired) electrons. The zero-order valence-electron chi connectivity index (χ0n) is 19.5. The number of likely N-dealkylation sites (tertiary alicyclic amines) is 1. The molecule has 2 aromatic carbocycles. The Labute approximate surface area is 190 Å². The zero-order valence-corrected chi connectivity index (χ0v) is 19.5. The van der Waals surface area contributed by atoms with Gasteiger partial charge in [0, 0.05) is 18.5 Å². The summed E-state index contributed by atoms with van der Waals surface area (Å²) in [5.74, 6) is -1.01. The first-order valence-corrected chi connectivity index (χ1v) is 11.1. The van der Waals surface area contributed by atoms with E-state index in [1.165, 1.54) is 4.90 Å². The largest absolute Gasteiger partial charge is 0.872 e. The first kappa shape index (κ1) is 23.5. The smallest absolute Gasteiger partial charge is 0.295 e. The third kappa shape index (κ3) is 5.19. The van der Waals surface area contributed by atoms with Gasteiger partial charge in [-0.2, -0.15) is 0 Å². The van der Waals surface area contributed by atoms with Crippen LogP contribution in [0.1, 0.15) is 43.0 Å². The number of Topliss-reactive ketones (excluding diaryl/α,β-unsaturated/α-hetero) is 1. The molecule has 6 heteroatoms. The lowest BCUT2D eigenvalue weighted by atomic mass is 9.95. The summed E-state index contributed by atoms with van der Waals surface area (Å²) >= 11 is 0. The summed E-state index contributed by atoms with van der Waals surface area (Å²) in [5, 5.41) is 13.4. The number of nitrogens with zero attached hydrogens (tertiary/aromatic N) is 1. The van der Waals surface area contributed by atoms with Gasteiger partial charge < -0.3 is 19.6 Å². The first-order valence-electron chi connectivity index (χ1n) is 11.1. The van der Waals surface area contributed by atoms with Gasteiger partial charge in [0.15, 0.2) is 0 Å². The number of carbonyl (C=O) groups is 2. The number of carbonyl (C=O) groups excluding carboxylic acids is 2. The molecule has 0 saturated carbocycles. The van der Waals surface area contributed by atoms with E-state index in [0.29, 0.717) is 17.9 Å². The van der Waals surface area contributed by atoms with Crippen LogP contribution in [0.15, 0.2) is 54.1 Å². The Morgan fingerprint density at radius 2 is 1.69 bits per heavy atom. The second-order valence-corrected chi connectivity index (χ2v) is 8.89. The summed E-state index contributed by atoms with van der Waals surface area (Å²) in [4.78, 5) is 28.8. The second kappa shape index (κ2) is 10.0. The van der Waals surface area contributed by atoms with Gasteiger partial charge in [0.05, 0.1) is 32.8 Å². The van der Waals surface area contributed by atoms with Crippen LogP contribution in [0.3, 0.4) is 0 Å². The van der Waals surface area contributed by atoms with E-state index < -0.39 is 23.5 Å². The van der Waals surface area contributed by atoms with E-state index in [0.717, 1.165) is 24.1 Å². The zero-order chi connectivity index (χ0) is 23.4. The van der Waals surface area contributed by atoms with Gasteiger partial charge in [0.1, 0.15) is 5.75 Å². The molecule has 1 unspecified atom stereocenters. The van der Waals surface area contributed by atoms with Crippen molar-refractivity contribution in [2.24, 2.45) is 0 Å². The quantitative estimate of drug-likeness (QED) is 0.387. The molecule has 3 rings (SSSR count). The molecular weight excluding hydrogens is 404 g/mol. The maximum atomic E-state index is 13.4. The van der Waals surface area contributed by atoms with Crippen molar-refractivity contribution in [3.8, 4) is 5.75 Å². The lowest BCUT2D eigenvalue weighted by molar-refractivity contribution is -0.858. The van der Waals surface area contributed by atoms with Crippen LogP contribution < -0.4 is 14.7 Å². The Balaban J connectivity index is 2.05. The topological polar surface area (TPSA) is 74.1 Å². The second-order valence-electron chi connectivity index (χ2n) is 8.89. The molecule has 1 amide bonds. The summed E-state index contributed by atoms with van der Waals surface area (Å²) in [7, 11) is 4.08. The van der Waals surface area contributed by atoms with Gasteiger partial charge in [-0.15, -0.1) is 0 Å². The number of amides is 1. The molecule has 32 heavy (non-hydrogen) atoms. The number of rotatable bonds is 8. The minimum atomic E-state index is -0.708. The Hall–Kier alpha value is -3.12. The SMILES string of the molecule is Cc1ccc(C([O-])=C2C(=O)C(=O)N(CCC[NH+](C)C)C2c2ccc(OC(C)C)cc2)cc1. The number of quaternary nitrogens is 1. The standard InChI is InChI=1S/C26H32N2O4/c1-17(2)32-21-13-11-19(12-14-21)23-22(24(29)20-9-7-18(3)8-10-20)25(30)26(31)28(23)16-6-15-27(4)5/h7-14,17,23,29H,6,15-16H2,1-5H3. The van der Waals surface area contributed by atoms with Crippen molar-refractivity contribution >= 4 is 17.4 Å². The van der Waals surface area contributed by atoms with Gasteiger partial charge in [-0.25, -0.2) is 0 Å². The van der Waals surface area contributed by atoms with Crippen LogP contribution in [0, 0.1) is 6.92 Å². The highest BCUT2D eigenvalue weighted by Crippen LogP contribution is 2.39. The normalized spacial score (nSPS) is 18.1. The van der Waals surface area contributed by atoms with Gasteiger partial charge in [-0.1, -0.05) is 47.7 Å². The molecule has 170 valence electrons. The van der Waals surface area contributed by atoms with Gasteiger partial charge >= 0.3 is 0 Å². The van der Waals surface area contributed by atoms with Gasteiger partial charge in [0.25, 0.3) is 5.91 Å². The number of nitrogens with one attached hydrogen (secondary N) is 1. The number of aryl methyl sites for hydroxylation is 1. The average Bonchev–Trinajstić information content (AvgIpc) is 2.99. The van der Waals surface area contributed by atoms with Crippen molar-refractivity contribution in [1.82, 2.24) is 4.90 Å². The van der Waals surface area contributed by atoms with E-state index in [-0.39, 0.29) is 11.7 Å². The van der Waals surface area contributed by atoms with Crippen molar-refractivity contribution in [1.29, 1.82) is 0 Å². The third-order valence-electron chi connectivity index (χ3n) is 5.49. The molecule has 1 aliphatic heterocycles. The van der Waals surface area contributed by atoms with Crippen LogP contribution in [0.5, 0.6) is 5.75 Å². The number of ketones is 1. The minimum Gasteiger partial charge on any atom is -0.872 e. The molecule has 1 fully saturated rings. The van der Waals surface area contributed by atoms with E-state index >= 15 is 0 Å². The van der Waals surface area contributed by atoms with E-state index in [2.05, 4.69) is 0 Å². The molecule has 0 aromatic heterocycles. The van der Waals surface area contributed by atoms with Crippen molar-refractivity contribution in [2.75, 3.05) is 27.2 Å².